The van der Waals surface area contributed by atoms with Crippen LogP contribution in [0.25, 0.3) is 0 Å². The summed E-state index contributed by atoms with van der Waals surface area (Å²) >= 11 is 0. The second-order valence-electron chi connectivity index (χ2n) is 8.81. The van der Waals surface area contributed by atoms with Crippen LogP contribution in [0.4, 0.5) is 5.69 Å². The summed E-state index contributed by atoms with van der Waals surface area (Å²) in [6.07, 6.45) is 2.02. The molecule has 2 aromatic carbocycles. The number of rotatable bonds is 6. The molecule has 1 N–H and O–H groups in total. The van der Waals surface area contributed by atoms with Crippen LogP contribution in [0.2, 0.25) is 0 Å². The number of ether oxygens (including phenoxy) is 3. The average molecular weight is 452 g/mol. The van der Waals surface area contributed by atoms with E-state index in [9.17, 15) is 9.59 Å². The van der Waals surface area contributed by atoms with Crippen LogP contribution in [-0.2, 0) is 16.1 Å². The second-order valence-corrected chi connectivity index (χ2v) is 8.81. The largest absolute Gasteiger partial charge is 0.496 e. The molecule has 0 radical (unpaired) electrons. The summed E-state index contributed by atoms with van der Waals surface area (Å²) in [5.74, 6) is 1.81. The quantitative estimate of drug-likeness (QED) is 0.727. The van der Waals surface area contributed by atoms with Gasteiger partial charge in [-0.3, -0.25) is 14.5 Å². The van der Waals surface area contributed by atoms with Crippen LogP contribution in [-0.4, -0.2) is 56.3 Å². The fraction of sp³-hybridized carbons (Fsp3) is 0.440. The van der Waals surface area contributed by atoms with Crippen LogP contribution < -0.4 is 24.4 Å². The standard InChI is InChI=1S/C25H29N3O5/c1-31-21-5-3-2-4-17(21)14-27-10-8-19(9-11-27)26-25(30)18-12-24(29)28(15-18)20-6-7-22-23(13-20)33-16-32-22/h2-7,13,18-19H,8-12,14-16H2,1H3,(H,26,30). The van der Waals surface area contributed by atoms with E-state index < -0.39 is 0 Å². The van der Waals surface area contributed by atoms with Gasteiger partial charge >= 0.3 is 0 Å². The van der Waals surface area contributed by atoms with Gasteiger partial charge in [-0.05, 0) is 31.0 Å². The number of nitrogens with one attached hydrogen (secondary N) is 1. The minimum Gasteiger partial charge on any atom is -0.496 e. The Morgan fingerprint density at radius 2 is 1.91 bits per heavy atom. The number of carbonyl (C=O) groups excluding carboxylic acids is 2. The molecule has 2 amide bonds. The van der Waals surface area contributed by atoms with Crippen LogP contribution in [0.5, 0.6) is 17.2 Å². The number of likely N-dealkylation sites (tertiary alicyclic amines) is 1. The number of benzene rings is 2. The molecule has 33 heavy (non-hydrogen) atoms. The van der Waals surface area contributed by atoms with Crippen molar-refractivity contribution in [1.82, 2.24) is 10.2 Å². The van der Waals surface area contributed by atoms with E-state index in [-0.39, 0.29) is 37.0 Å². The maximum atomic E-state index is 12.9. The minimum absolute atomic E-state index is 0.0326. The zero-order valence-electron chi connectivity index (χ0n) is 18.8. The second kappa shape index (κ2) is 9.31. The van der Waals surface area contributed by atoms with Crippen molar-refractivity contribution in [2.75, 3.05) is 38.4 Å². The Morgan fingerprint density at radius 1 is 1.12 bits per heavy atom. The average Bonchev–Trinajstić information content (AvgIpc) is 3.46. The van der Waals surface area contributed by atoms with Crippen molar-refractivity contribution < 1.29 is 23.8 Å². The van der Waals surface area contributed by atoms with E-state index in [1.165, 1.54) is 5.56 Å². The van der Waals surface area contributed by atoms with Gasteiger partial charge in [-0.25, -0.2) is 0 Å². The summed E-state index contributed by atoms with van der Waals surface area (Å²) in [6, 6.07) is 13.7. The molecular weight excluding hydrogens is 422 g/mol. The van der Waals surface area contributed by atoms with Gasteiger partial charge in [0.15, 0.2) is 11.5 Å². The molecular formula is C25H29N3O5. The number of piperidine rings is 1. The number of para-hydroxylation sites is 1. The molecule has 8 nitrogen and oxygen atoms in total. The van der Waals surface area contributed by atoms with Crippen molar-refractivity contribution in [3.63, 3.8) is 0 Å². The maximum absolute atomic E-state index is 12.9. The summed E-state index contributed by atoms with van der Waals surface area (Å²) < 4.78 is 16.2. The first-order valence-electron chi connectivity index (χ1n) is 11.5. The van der Waals surface area contributed by atoms with Crippen molar-refractivity contribution in [3.8, 4) is 17.2 Å². The molecule has 0 spiro atoms. The zero-order valence-corrected chi connectivity index (χ0v) is 18.8. The highest BCUT2D eigenvalue weighted by Crippen LogP contribution is 2.37. The monoisotopic (exact) mass is 451 g/mol. The molecule has 0 aliphatic carbocycles. The Balaban J connectivity index is 1.12. The van der Waals surface area contributed by atoms with Crippen LogP contribution in [0.15, 0.2) is 42.5 Å². The molecule has 0 bridgehead atoms. The third kappa shape index (κ3) is 4.61. The minimum atomic E-state index is -0.338. The van der Waals surface area contributed by atoms with Crippen LogP contribution in [0.3, 0.4) is 0 Å². The van der Waals surface area contributed by atoms with Gasteiger partial charge < -0.3 is 24.4 Å². The summed E-state index contributed by atoms with van der Waals surface area (Å²) in [4.78, 5) is 29.6. The van der Waals surface area contributed by atoms with Crippen molar-refractivity contribution in [2.24, 2.45) is 5.92 Å². The van der Waals surface area contributed by atoms with E-state index >= 15 is 0 Å². The fourth-order valence-corrected chi connectivity index (χ4v) is 4.81. The molecule has 0 aromatic heterocycles. The molecule has 3 aliphatic heterocycles. The number of hydrogen-bond acceptors (Lipinski definition) is 6. The number of amides is 2. The number of carbonyl (C=O) groups is 2. The molecule has 1 unspecified atom stereocenters. The van der Waals surface area contributed by atoms with E-state index in [1.54, 1.807) is 24.1 Å². The van der Waals surface area contributed by atoms with E-state index in [2.05, 4.69) is 16.3 Å². The Morgan fingerprint density at radius 3 is 2.73 bits per heavy atom. The van der Waals surface area contributed by atoms with Crippen molar-refractivity contribution in [1.29, 1.82) is 0 Å². The molecule has 0 saturated carbocycles. The lowest BCUT2D eigenvalue weighted by atomic mass is 10.0. The van der Waals surface area contributed by atoms with E-state index in [0.29, 0.717) is 18.0 Å². The number of hydrogen-bond donors (Lipinski definition) is 1. The van der Waals surface area contributed by atoms with Gasteiger partial charge in [-0.2, -0.15) is 0 Å². The lowest BCUT2D eigenvalue weighted by Gasteiger charge is -2.33. The van der Waals surface area contributed by atoms with Gasteiger partial charge in [0.1, 0.15) is 5.75 Å². The van der Waals surface area contributed by atoms with Crippen molar-refractivity contribution in [2.45, 2.75) is 31.8 Å². The lowest BCUT2D eigenvalue weighted by molar-refractivity contribution is -0.127. The molecule has 1 atom stereocenters. The predicted molar refractivity (Wildman–Crippen MR) is 122 cm³/mol. The lowest BCUT2D eigenvalue weighted by Crippen LogP contribution is -2.46. The van der Waals surface area contributed by atoms with Gasteiger partial charge in [0.25, 0.3) is 0 Å². The number of methoxy groups -OCH3 is 1. The Kier molecular flexibility index (Phi) is 6.09. The van der Waals surface area contributed by atoms with Crippen LogP contribution in [0, 0.1) is 5.92 Å². The molecule has 174 valence electrons. The van der Waals surface area contributed by atoms with Gasteiger partial charge in [-0.15, -0.1) is 0 Å². The highest BCUT2D eigenvalue weighted by atomic mass is 16.7. The summed E-state index contributed by atoms with van der Waals surface area (Å²) in [7, 11) is 1.70. The van der Waals surface area contributed by atoms with Crippen LogP contribution >= 0.6 is 0 Å². The Bertz CT molecular complexity index is 1030. The topological polar surface area (TPSA) is 80.3 Å². The number of nitrogens with zero attached hydrogens (tertiary/aromatic N) is 2. The molecule has 3 aliphatic rings. The number of fused-ring (bicyclic) bond motifs is 1. The highest BCUT2D eigenvalue weighted by Gasteiger charge is 2.36. The first-order chi connectivity index (χ1) is 16.1. The fourth-order valence-electron chi connectivity index (χ4n) is 4.81. The normalized spacial score (nSPS) is 20.8. The van der Waals surface area contributed by atoms with Crippen molar-refractivity contribution >= 4 is 17.5 Å². The zero-order chi connectivity index (χ0) is 22.8. The number of anilines is 1. The van der Waals surface area contributed by atoms with E-state index in [1.807, 2.05) is 24.3 Å². The summed E-state index contributed by atoms with van der Waals surface area (Å²) in [6.45, 7) is 3.24. The van der Waals surface area contributed by atoms with E-state index in [4.69, 9.17) is 14.2 Å². The van der Waals surface area contributed by atoms with E-state index in [0.717, 1.165) is 43.9 Å². The molecule has 2 fully saturated rings. The third-order valence-corrected chi connectivity index (χ3v) is 6.68. The van der Waals surface area contributed by atoms with Gasteiger partial charge in [0, 0.05) is 56.0 Å². The molecule has 3 heterocycles. The predicted octanol–water partition coefficient (Wildman–Crippen LogP) is 2.56. The summed E-state index contributed by atoms with van der Waals surface area (Å²) in [5.41, 5.74) is 1.92. The Labute approximate surface area is 193 Å². The molecule has 5 rings (SSSR count). The van der Waals surface area contributed by atoms with Gasteiger partial charge in [-0.1, -0.05) is 18.2 Å². The van der Waals surface area contributed by atoms with Gasteiger partial charge in [0.05, 0.1) is 13.0 Å². The molecule has 8 heteroatoms. The molecule has 2 aromatic rings. The van der Waals surface area contributed by atoms with Crippen molar-refractivity contribution in [3.05, 3.63) is 48.0 Å². The first-order valence-corrected chi connectivity index (χ1v) is 11.5. The smallest absolute Gasteiger partial charge is 0.231 e. The third-order valence-electron chi connectivity index (χ3n) is 6.68. The Hall–Kier alpha value is -3.26. The molecule has 2 saturated heterocycles. The van der Waals surface area contributed by atoms with Crippen LogP contribution in [0.1, 0.15) is 24.8 Å². The van der Waals surface area contributed by atoms with Gasteiger partial charge in [0.2, 0.25) is 18.6 Å². The first kappa shape index (κ1) is 21.6. The highest BCUT2D eigenvalue weighted by molar-refractivity contribution is 6.00. The maximum Gasteiger partial charge on any atom is 0.231 e. The summed E-state index contributed by atoms with van der Waals surface area (Å²) in [5, 5.41) is 3.19. The SMILES string of the molecule is COc1ccccc1CN1CCC(NC(=O)C2CC(=O)N(c3ccc4c(c3)OCO4)C2)CC1.